The van der Waals surface area contributed by atoms with Gasteiger partial charge < -0.3 is 87.9 Å². The molecule has 0 aromatic carbocycles. The third-order valence-electron chi connectivity index (χ3n) is 24.7. The van der Waals surface area contributed by atoms with Crippen LogP contribution in [0.4, 0.5) is 58.2 Å². The minimum Gasteiger partial charge on any atom is -0.619 e. The van der Waals surface area contributed by atoms with E-state index in [-0.39, 0.29) is 69.0 Å². The van der Waals surface area contributed by atoms with Gasteiger partial charge in [-0.25, -0.2) is 24.9 Å². The third kappa shape index (κ3) is 24.1. The van der Waals surface area contributed by atoms with E-state index in [0.29, 0.717) is 50.1 Å². The zero-order chi connectivity index (χ0) is 92.8. The van der Waals surface area contributed by atoms with Gasteiger partial charge in [0, 0.05) is 193 Å². The minimum atomic E-state index is 0.0804. The Morgan fingerprint density at radius 3 is 0.993 bits per heavy atom. The molecule has 7 atom stereocenters. The standard InChI is InChI=1S/C19H23BrN6O2.C19H23BrN6O.C18H21BrN6O2.2C18H21BrN6O/c20-15-10-22-26-18(21-9-13-4-3-7-25(28)11-13)8-17(24-19(15)26)23-16-6-2-1-5-14(16)12-27;20-15-11-23-26-18(22-10-13-4-3-7-21-9-13)8-17(25-19(15)26)24-16-6-2-1-5-14(16)12-27;19-15-10-21-25-16(20-9-13-4-3-6-23(27)11-13)8-17(22-18(15)25)24-7-2-1-5-14(24)12-26;19-15-12-22-25-16(21-11-13-3-1-6-20-10-13)9-17(23-18(15)25)24-7-2-4-14(24)5-8-26;19-15-11-22-25-16(21-10-13-4-3-6-20-9-13)8-17(23-18(15)25)24-7-2-1-5-14(24)12-26/h3-4,7-8,10-11,14,16,21,27H,1-2,5-6,9,12H2,(H,23,24);3-4,7-9,11,14,16,22,27H,1-2,5-6,10,12H2,(H,24,25);3-4,6,8,10-11,14,20,26H,1-2,5,7,9,12H2;1,3,6,9-10,12,14,21,26H,2,4-5,7-8,11H2;3-4,6,8-9,11,14,21,26H,1-2,5,7,10,12H2/t2*14-,16-;;14-;/m11.0./s1. The molecule has 12 N–H and O–H groups in total. The van der Waals surface area contributed by atoms with Crippen LogP contribution in [0.1, 0.15) is 137 Å². The predicted octanol–water partition coefficient (Wildman–Crippen LogP) is 14.0. The largest absolute Gasteiger partial charge is 0.619 e. The second-order valence-corrected chi connectivity index (χ2v) is 38.0. The minimum absolute atomic E-state index is 0.0804. The summed E-state index contributed by atoms with van der Waals surface area (Å²) in [6.07, 6.45) is 43.7. The zero-order valence-corrected chi connectivity index (χ0v) is 81.7. The number of rotatable bonds is 28. The van der Waals surface area contributed by atoms with Gasteiger partial charge in [-0.3, -0.25) is 15.0 Å². The van der Waals surface area contributed by atoms with Crippen molar-refractivity contribution >= 4 is 166 Å². The number of anilines is 10. The lowest BCUT2D eigenvalue weighted by Gasteiger charge is -2.35. The average molecular weight is 2150 g/mol. The van der Waals surface area contributed by atoms with Gasteiger partial charge in [0.15, 0.2) is 53.0 Å². The molecular weight excluding hydrogens is 2040 g/mol. The summed E-state index contributed by atoms with van der Waals surface area (Å²) in [6.45, 7) is 6.51. The number of hydrogen-bond acceptors (Lipinski definition) is 30. The van der Waals surface area contributed by atoms with Gasteiger partial charge >= 0.3 is 0 Å². The molecule has 2 aliphatic carbocycles. The molecular formula is C92H109Br5N30O7. The van der Waals surface area contributed by atoms with Crippen LogP contribution in [0.15, 0.2) is 206 Å². The molecule has 2 saturated carbocycles. The molecule has 0 amide bonds. The summed E-state index contributed by atoms with van der Waals surface area (Å²) in [6, 6.07) is 30.0. The first-order chi connectivity index (χ1) is 65.5. The molecule has 134 heavy (non-hydrogen) atoms. The highest BCUT2D eigenvalue weighted by atomic mass is 79.9. The smallest absolute Gasteiger partial charge is 0.185 e. The Bertz CT molecular complexity index is 6330. The summed E-state index contributed by atoms with van der Waals surface area (Å²) in [7, 11) is 0. The second-order valence-electron chi connectivity index (χ2n) is 33.7. The maximum absolute atomic E-state index is 11.5. The van der Waals surface area contributed by atoms with Crippen LogP contribution in [0.3, 0.4) is 0 Å². The fourth-order valence-corrected chi connectivity index (χ4v) is 19.5. The zero-order valence-electron chi connectivity index (χ0n) is 73.8. The van der Waals surface area contributed by atoms with Crippen LogP contribution >= 0.6 is 79.6 Å². The Kier molecular flexibility index (Phi) is 33.4. The van der Waals surface area contributed by atoms with Crippen LogP contribution in [0.25, 0.3) is 28.2 Å². The van der Waals surface area contributed by atoms with Crippen LogP contribution in [-0.4, -0.2) is 196 Å². The molecule has 42 heteroatoms. The number of piperidine rings is 2. The fraction of sp³-hybridized carbons (Fsp3) is 0.402. The first-order valence-corrected chi connectivity index (χ1v) is 49.3. The molecule has 0 radical (unpaired) electrons. The van der Waals surface area contributed by atoms with E-state index in [4.69, 9.17) is 24.9 Å². The summed E-state index contributed by atoms with van der Waals surface area (Å²) in [5, 5.41) is 117. The van der Waals surface area contributed by atoms with Crippen LogP contribution in [0.2, 0.25) is 0 Å². The Hall–Kier alpha value is -11.3. The van der Waals surface area contributed by atoms with E-state index in [2.05, 4.69) is 172 Å². The molecule has 20 rings (SSSR count). The van der Waals surface area contributed by atoms with Gasteiger partial charge in [-0.1, -0.05) is 43.9 Å². The summed E-state index contributed by atoms with van der Waals surface area (Å²) in [5.41, 5.74) is 8.75. The SMILES string of the molecule is OCC1CCCCN1c1cc(NCc2cccnc2)n2ncc(Br)c2n1.OCC[C@@H]1CCCN1c1cc(NCc2cccnc2)n2ncc(Br)c2n1.OC[C@H]1CCCC[C@H]1Nc1cc(NCc2cccnc2)n2ncc(Br)c2n1.[O-][n+]1cccc(CNc2cc(N3CCCCC3CO)nc3c(Br)cnn23)c1.[O-][n+]1cccc(CNc2cc(N[C@@H]3CCCC[C@@H]3CO)nc3c(Br)cnn23)c1. The lowest BCUT2D eigenvalue weighted by atomic mass is 9.85. The molecule has 15 aromatic heterocycles. The molecule has 2 unspecified atom stereocenters. The molecule has 15 aromatic rings. The van der Waals surface area contributed by atoms with Gasteiger partial charge in [0.1, 0.15) is 58.2 Å². The van der Waals surface area contributed by atoms with E-state index >= 15 is 0 Å². The van der Waals surface area contributed by atoms with Crippen molar-refractivity contribution in [3.63, 3.8) is 0 Å². The number of pyridine rings is 5. The van der Waals surface area contributed by atoms with Gasteiger partial charge in [-0.15, -0.1) is 0 Å². The van der Waals surface area contributed by atoms with Crippen molar-refractivity contribution in [3.8, 4) is 0 Å². The maximum Gasteiger partial charge on any atom is 0.185 e. The molecule has 0 spiro atoms. The molecule has 3 saturated heterocycles. The van der Waals surface area contributed by atoms with Gasteiger partial charge in [-0.2, -0.15) is 57.5 Å². The normalized spacial score (nSPS) is 18.4. The Labute approximate surface area is 816 Å². The molecule has 18 heterocycles. The molecule has 5 aliphatic rings. The number of aromatic nitrogens is 20. The number of halogens is 5. The van der Waals surface area contributed by atoms with Crippen LogP contribution in [0.5, 0.6) is 0 Å². The van der Waals surface area contributed by atoms with Gasteiger partial charge in [-0.05, 0) is 210 Å². The van der Waals surface area contributed by atoms with Crippen molar-refractivity contribution in [2.24, 2.45) is 11.8 Å². The number of hydrogen-bond donors (Lipinski definition) is 12. The van der Waals surface area contributed by atoms with Crippen molar-refractivity contribution < 1.29 is 35.0 Å². The van der Waals surface area contributed by atoms with E-state index in [0.717, 1.165) is 251 Å². The van der Waals surface area contributed by atoms with Crippen molar-refractivity contribution in [1.29, 1.82) is 0 Å². The van der Waals surface area contributed by atoms with Crippen LogP contribution < -0.4 is 61.4 Å². The Balaban J connectivity index is 0.000000122. The molecule has 5 fully saturated rings. The maximum atomic E-state index is 11.5. The summed E-state index contributed by atoms with van der Waals surface area (Å²) in [4.78, 5) is 42.9. The van der Waals surface area contributed by atoms with E-state index in [1.165, 1.54) is 37.6 Å². The van der Waals surface area contributed by atoms with E-state index < -0.39 is 0 Å². The first kappa shape index (κ1) is 95.8. The molecule has 37 nitrogen and oxygen atoms in total. The van der Waals surface area contributed by atoms with Crippen molar-refractivity contribution in [1.82, 2.24) is 87.9 Å². The lowest BCUT2D eigenvalue weighted by molar-refractivity contribution is -0.606. The van der Waals surface area contributed by atoms with E-state index in [1.54, 1.807) is 84.3 Å². The number of aliphatic hydroxyl groups is 5. The van der Waals surface area contributed by atoms with Crippen molar-refractivity contribution in [2.45, 2.75) is 172 Å². The van der Waals surface area contributed by atoms with Gasteiger partial charge in [0.2, 0.25) is 0 Å². The number of aliphatic hydroxyl groups excluding tert-OH is 5. The van der Waals surface area contributed by atoms with Crippen LogP contribution in [-0.2, 0) is 32.7 Å². The fourth-order valence-electron chi connectivity index (χ4n) is 17.7. The lowest BCUT2D eigenvalue weighted by Crippen LogP contribution is -2.42. The monoisotopic (exact) mass is 2140 g/mol. The van der Waals surface area contributed by atoms with E-state index in [9.17, 15) is 35.9 Å². The van der Waals surface area contributed by atoms with Crippen LogP contribution in [0, 0.1) is 22.3 Å². The van der Waals surface area contributed by atoms with Crippen molar-refractivity contribution in [2.75, 3.05) is 105 Å². The number of nitrogens with zero attached hydrogens (tertiary/aromatic N) is 23. The number of nitrogens with one attached hydrogen (secondary N) is 7. The highest BCUT2D eigenvalue weighted by Gasteiger charge is 2.32. The summed E-state index contributed by atoms with van der Waals surface area (Å²) in [5.74, 6) is 8.82. The first-order valence-electron chi connectivity index (χ1n) is 45.4. The van der Waals surface area contributed by atoms with Gasteiger partial charge in [0.25, 0.3) is 0 Å². The van der Waals surface area contributed by atoms with Crippen molar-refractivity contribution in [3.05, 3.63) is 245 Å². The Morgan fingerprint density at radius 2 is 0.657 bits per heavy atom. The highest BCUT2D eigenvalue weighted by Crippen LogP contribution is 2.37. The highest BCUT2D eigenvalue weighted by molar-refractivity contribution is 9.11. The third-order valence-corrected chi connectivity index (χ3v) is 27.5. The predicted molar refractivity (Wildman–Crippen MR) is 533 cm³/mol. The quantitative estimate of drug-likeness (QED) is 0.0160. The molecule has 3 aliphatic heterocycles. The Morgan fingerprint density at radius 1 is 0.343 bits per heavy atom. The van der Waals surface area contributed by atoms with Gasteiger partial charge in [0.05, 0.1) is 78.6 Å². The summed E-state index contributed by atoms with van der Waals surface area (Å²) < 4.78 is 14.6. The second kappa shape index (κ2) is 46.7. The molecule has 0 bridgehead atoms. The summed E-state index contributed by atoms with van der Waals surface area (Å²) >= 11 is 17.6. The molecule has 704 valence electrons. The topological polar surface area (TPSA) is 439 Å². The van der Waals surface area contributed by atoms with E-state index in [1.807, 2.05) is 97.5 Å². The average Bonchev–Trinajstić information content (AvgIpc) is 1.58. The number of fused-ring (bicyclic) bond motifs is 5.